The van der Waals surface area contributed by atoms with E-state index >= 15 is 0 Å². The topological polar surface area (TPSA) is 57.2 Å². The molecule has 0 saturated carbocycles. The van der Waals surface area contributed by atoms with Crippen LogP contribution < -0.4 is 0 Å². The van der Waals surface area contributed by atoms with E-state index < -0.39 is 12.1 Å². The fourth-order valence-corrected chi connectivity index (χ4v) is 0.771. The Morgan fingerprint density at radius 2 is 1.82 bits per heavy atom. The van der Waals surface area contributed by atoms with Crippen molar-refractivity contribution >= 4 is 5.97 Å². The zero-order chi connectivity index (χ0) is 8.27. The summed E-state index contributed by atoms with van der Waals surface area (Å²) >= 11 is 0. The van der Waals surface area contributed by atoms with Gasteiger partial charge in [0.15, 0.2) is 6.10 Å². The molecular weight excluding hydrogens is 144 g/mol. The molecule has 1 aromatic rings. The quantitative estimate of drug-likeness (QED) is 0.675. The highest BCUT2D eigenvalue weighted by Crippen LogP contribution is 2.11. The van der Waals surface area contributed by atoms with Crippen LogP contribution in [-0.4, -0.2) is 11.1 Å². The molecule has 0 amide bonds. The molecular formula is C8H7O3. The smallest absolute Gasteiger partial charge is 0.377 e. The van der Waals surface area contributed by atoms with E-state index in [1.54, 1.807) is 18.2 Å². The first-order valence-corrected chi connectivity index (χ1v) is 3.15. The first-order chi connectivity index (χ1) is 5.22. The van der Waals surface area contributed by atoms with E-state index in [0.717, 1.165) is 0 Å². The highest BCUT2D eigenvalue weighted by atomic mass is 16.4. The molecule has 1 radical (unpaired) electrons. The third kappa shape index (κ3) is 1.78. The summed E-state index contributed by atoms with van der Waals surface area (Å²) in [7, 11) is 0. The molecule has 0 aliphatic rings. The van der Waals surface area contributed by atoms with Crippen LogP contribution in [0.15, 0.2) is 30.3 Å². The van der Waals surface area contributed by atoms with Crippen molar-refractivity contribution in [2.24, 2.45) is 0 Å². The predicted octanol–water partition coefficient (Wildman–Crippen LogP) is 0.677. The number of carbonyl (C=O) groups excluding carboxylic acids is 1. The fourth-order valence-electron chi connectivity index (χ4n) is 0.771. The lowest BCUT2D eigenvalue weighted by Gasteiger charge is -2.01. The van der Waals surface area contributed by atoms with Crippen LogP contribution in [-0.2, 0) is 9.90 Å². The Morgan fingerprint density at radius 1 is 1.27 bits per heavy atom. The lowest BCUT2D eigenvalue weighted by atomic mass is 10.1. The van der Waals surface area contributed by atoms with Crippen molar-refractivity contribution in [3.8, 4) is 0 Å². The van der Waals surface area contributed by atoms with Crippen molar-refractivity contribution in [2.75, 3.05) is 0 Å². The molecule has 0 fully saturated rings. The average Bonchev–Trinajstić information content (AvgIpc) is 2.05. The number of aliphatic hydroxyl groups excluding tert-OH is 1. The normalized spacial score (nSPS) is 12.5. The highest BCUT2D eigenvalue weighted by molar-refractivity contribution is 5.73. The molecule has 0 spiro atoms. The number of hydrogen-bond acceptors (Lipinski definition) is 2. The van der Waals surface area contributed by atoms with Crippen LogP contribution in [0.5, 0.6) is 0 Å². The second-order valence-electron chi connectivity index (χ2n) is 2.13. The Kier molecular flexibility index (Phi) is 2.23. The SMILES string of the molecule is [O]C(=O)C(O)c1ccccc1. The van der Waals surface area contributed by atoms with Crippen LogP contribution in [0.25, 0.3) is 0 Å². The van der Waals surface area contributed by atoms with E-state index in [2.05, 4.69) is 0 Å². The Hall–Kier alpha value is -1.35. The molecule has 3 heteroatoms. The van der Waals surface area contributed by atoms with Crippen LogP contribution in [0, 0.1) is 0 Å². The summed E-state index contributed by atoms with van der Waals surface area (Å²) < 4.78 is 0. The number of carbonyl (C=O) groups is 1. The average molecular weight is 151 g/mol. The lowest BCUT2D eigenvalue weighted by molar-refractivity contribution is -0.153. The van der Waals surface area contributed by atoms with Crippen molar-refractivity contribution in [3.05, 3.63) is 35.9 Å². The van der Waals surface area contributed by atoms with Gasteiger partial charge in [-0.25, -0.2) is 9.90 Å². The van der Waals surface area contributed by atoms with Gasteiger partial charge in [-0.2, -0.15) is 0 Å². The van der Waals surface area contributed by atoms with Gasteiger partial charge >= 0.3 is 5.97 Å². The Bertz CT molecular complexity index is 243. The van der Waals surface area contributed by atoms with E-state index in [1.165, 1.54) is 12.1 Å². The summed E-state index contributed by atoms with van der Waals surface area (Å²) in [6.07, 6.45) is -1.52. The lowest BCUT2D eigenvalue weighted by Crippen LogP contribution is -2.08. The Balaban J connectivity index is 2.85. The largest absolute Gasteiger partial charge is 0.388 e. The summed E-state index contributed by atoms with van der Waals surface area (Å²) in [6.45, 7) is 0. The second-order valence-corrected chi connectivity index (χ2v) is 2.13. The fraction of sp³-hybridized carbons (Fsp3) is 0.125. The van der Waals surface area contributed by atoms with Crippen LogP contribution >= 0.6 is 0 Å². The number of benzene rings is 1. The van der Waals surface area contributed by atoms with Crippen LogP contribution in [0.2, 0.25) is 0 Å². The molecule has 0 bridgehead atoms. The zero-order valence-electron chi connectivity index (χ0n) is 5.73. The molecule has 0 aromatic heterocycles. The van der Waals surface area contributed by atoms with Gasteiger partial charge in [0.05, 0.1) is 0 Å². The summed E-state index contributed by atoms with van der Waals surface area (Å²) in [6, 6.07) is 8.11. The van der Waals surface area contributed by atoms with Crippen molar-refractivity contribution in [3.63, 3.8) is 0 Å². The molecule has 3 nitrogen and oxygen atoms in total. The van der Waals surface area contributed by atoms with E-state index in [1.807, 2.05) is 0 Å². The second kappa shape index (κ2) is 3.16. The summed E-state index contributed by atoms with van der Waals surface area (Å²) in [5.41, 5.74) is 0.340. The van der Waals surface area contributed by atoms with Gasteiger partial charge in [0.25, 0.3) is 0 Å². The molecule has 57 valence electrons. The number of rotatable bonds is 2. The van der Waals surface area contributed by atoms with Crippen LogP contribution in [0.3, 0.4) is 0 Å². The van der Waals surface area contributed by atoms with Gasteiger partial charge in [-0.15, -0.1) is 0 Å². The highest BCUT2D eigenvalue weighted by Gasteiger charge is 2.16. The molecule has 1 N–H and O–H groups in total. The molecule has 1 atom stereocenters. The molecule has 1 rings (SSSR count). The minimum atomic E-state index is -1.52. The van der Waals surface area contributed by atoms with Gasteiger partial charge < -0.3 is 5.11 Å². The maximum atomic E-state index is 10.1. The van der Waals surface area contributed by atoms with Gasteiger partial charge in [0.1, 0.15) is 0 Å². The number of hydrogen-bond donors (Lipinski definition) is 1. The minimum absolute atomic E-state index is 0.340. The molecule has 1 unspecified atom stereocenters. The summed E-state index contributed by atoms with van der Waals surface area (Å²) in [5, 5.41) is 19.1. The molecule has 0 heterocycles. The molecule has 0 aliphatic carbocycles. The summed E-state index contributed by atoms with van der Waals surface area (Å²) in [4.78, 5) is 10.1. The standard InChI is InChI=1S/C8H7O3/c9-7(8(10)11)6-4-2-1-3-5-6/h1-5,7,9H. The Morgan fingerprint density at radius 3 is 2.27 bits per heavy atom. The van der Waals surface area contributed by atoms with Crippen LogP contribution in [0.4, 0.5) is 0 Å². The zero-order valence-corrected chi connectivity index (χ0v) is 5.73. The summed E-state index contributed by atoms with van der Waals surface area (Å²) in [5.74, 6) is -1.48. The van der Waals surface area contributed by atoms with Crippen molar-refractivity contribution in [1.29, 1.82) is 0 Å². The van der Waals surface area contributed by atoms with Crippen molar-refractivity contribution < 1.29 is 15.0 Å². The van der Waals surface area contributed by atoms with Gasteiger partial charge in [-0.05, 0) is 5.56 Å². The molecule has 0 saturated heterocycles. The minimum Gasteiger partial charge on any atom is -0.377 e. The van der Waals surface area contributed by atoms with Gasteiger partial charge in [-0.3, -0.25) is 0 Å². The van der Waals surface area contributed by atoms with Gasteiger partial charge in [-0.1, -0.05) is 30.3 Å². The molecule has 11 heavy (non-hydrogen) atoms. The van der Waals surface area contributed by atoms with Gasteiger partial charge in [0, 0.05) is 0 Å². The van der Waals surface area contributed by atoms with Crippen molar-refractivity contribution in [1.82, 2.24) is 0 Å². The van der Waals surface area contributed by atoms with E-state index in [4.69, 9.17) is 5.11 Å². The predicted molar refractivity (Wildman–Crippen MR) is 37.1 cm³/mol. The van der Waals surface area contributed by atoms with Crippen LogP contribution in [0.1, 0.15) is 11.7 Å². The Labute approximate surface area is 63.9 Å². The third-order valence-electron chi connectivity index (χ3n) is 1.34. The van der Waals surface area contributed by atoms with E-state index in [-0.39, 0.29) is 0 Å². The van der Waals surface area contributed by atoms with Gasteiger partial charge in [0.2, 0.25) is 0 Å². The number of aliphatic hydroxyl groups is 1. The third-order valence-corrected chi connectivity index (χ3v) is 1.34. The van der Waals surface area contributed by atoms with E-state index in [0.29, 0.717) is 5.56 Å². The van der Waals surface area contributed by atoms with Crippen molar-refractivity contribution in [2.45, 2.75) is 6.10 Å². The first-order valence-electron chi connectivity index (χ1n) is 3.15. The molecule has 0 aliphatic heterocycles. The first kappa shape index (κ1) is 7.75. The molecule has 1 aromatic carbocycles. The maximum Gasteiger partial charge on any atom is 0.388 e. The van der Waals surface area contributed by atoms with E-state index in [9.17, 15) is 9.90 Å². The maximum absolute atomic E-state index is 10.1. The monoisotopic (exact) mass is 151 g/mol.